The van der Waals surface area contributed by atoms with Gasteiger partial charge >= 0.3 is 5.97 Å². The van der Waals surface area contributed by atoms with Gasteiger partial charge < -0.3 is 9.53 Å². The Morgan fingerprint density at radius 2 is 1.42 bits per heavy atom. The van der Waals surface area contributed by atoms with Crippen molar-refractivity contribution < 1.29 is 14.3 Å². The standard InChI is InChI=1S/C16H14O3/c17-12-11-15(18)19-16(13-7-3-1-4-8-13)14-9-5-2-6-10-14/h1-10,12,16H,11H2. The lowest BCUT2D eigenvalue weighted by Gasteiger charge is -2.18. The van der Waals surface area contributed by atoms with Crippen LogP contribution >= 0.6 is 0 Å². The third-order valence-electron chi connectivity index (χ3n) is 2.70. The van der Waals surface area contributed by atoms with Crippen LogP contribution in [0.15, 0.2) is 60.7 Å². The highest BCUT2D eigenvalue weighted by Gasteiger charge is 2.18. The monoisotopic (exact) mass is 254 g/mol. The van der Waals surface area contributed by atoms with E-state index in [-0.39, 0.29) is 6.42 Å². The molecule has 96 valence electrons. The van der Waals surface area contributed by atoms with Crippen LogP contribution in [0.1, 0.15) is 23.7 Å². The zero-order valence-electron chi connectivity index (χ0n) is 10.4. The van der Waals surface area contributed by atoms with E-state index < -0.39 is 12.1 Å². The third kappa shape index (κ3) is 3.52. The van der Waals surface area contributed by atoms with Crippen molar-refractivity contribution in [1.82, 2.24) is 0 Å². The van der Waals surface area contributed by atoms with E-state index in [9.17, 15) is 9.59 Å². The van der Waals surface area contributed by atoms with E-state index in [4.69, 9.17) is 4.74 Å². The lowest BCUT2D eigenvalue weighted by Crippen LogP contribution is -2.12. The van der Waals surface area contributed by atoms with Gasteiger partial charge in [0.15, 0.2) is 6.10 Å². The van der Waals surface area contributed by atoms with Gasteiger partial charge in [-0.3, -0.25) is 4.79 Å². The van der Waals surface area contributed by atoms with Crippen LogP contribution in [-0.4, -0.2) is 12.3 Å². The molecule has 0 saturated heterocycles. The molecular weight excluding hydrogens is 240 g/mol. The molecule has 19 heavy (non-hydrogen) atoms. The third-order valence-corrected chi connectivity index (χ3v) is 2.70. The highest BCUT2D eigenvalue weighted by Crippen LogP contribution is 2.26. The minimum Gasteiger partial charge on any atom is -0.452 e. The quantitative estimate of drug-likeness (QED) is 0.468. The van der Waals surface area contributed by atoms with Gasteiger partial charge in [0.2, 0.25) is 0 Å². The lowest BCUT2D eigenvalue weighted by atomic mass is 10.0. The minimum absolute atomic E-state index is 0.226. The Morgan fingerprint density at radius 3 is 1.84 bits per heavy atom. The summed E-state index contributed by atoms with van der Waals surface area (Å²) in [6.45, 7) is 0. The zero-order valence-corrected chi connectivity index (χ0v) is 10.4. The predicted octanol–water partition coefficient (Wildman–Crippen LogP) is 2.91. The summed E-state index contributed by atoms with van der Waals surface area (Å²) in [7, 11) is 0. The van der Waals surface area contributed by atoms with Gasteiger partial charge in [-0.2, -0.15) is 0 Å². The summed E-state index contributed by atoms with van der Waals surface area (Å²) < 4.78 is 5.39. The normalized spacial score (nSPS) is 10.2. The Morgan fingerprint density at radius 1 is 0.947 bits per heavy atom. The highest BCUT2D eigenvalue weighted by atomic mass is 16.5. The average Bonchev–Trinajstić information content (AvgIpc) is 2.47. The Hall–Kier alpha value is -2.42. The Balaban J connectivity index is 2.29. The second kappa shape index (κ2) is 6.50. The van der Waals surface area contributed by atoms with E-state index in [0.29, 0.717) is 6.29 Å². The molecule has 0 atom stereocenters. The van der Waals surface area contributed by atoms with Crippen LogP contribution in [0.3, 0.4) is 0 Å². The van der Waals surface area contributed by atoms with Crippen LogP contribution in [0.25, 0.3) is 0 Å². The Kier molecular flexibility index (Phi) is 4.45. The molecule has 0 amide bonds. The van der Waals surface area contributed by atoms with Crippen molar-refractivity contribution in [2.45, 2.75) is 12.5 Å². The molecule has 0 aliphatic rings. The molecule has 0 spiro atoms. The Labute approximate surface area is 111 Å². The lowest BCUT2D eigenvalue weighted by molar-refractivity contribution is -0.148. The maximum absolute atomic E-state index is 11.5. The molecule has 2 aromatic carbocycles. The summed E-state index contributed by atoms with van der Waals surface area (Å²) in [6, 6.07) is 18.9. The number of aldehydes is 1. The van der Waals surface area contributed by atoms with Gasteiger partial charge in [0.25, 0.3) is 0 Å². The molecule has 0 N–H and O–H groups in total. The van der Waals surface area contributed by atoms with Crippen LogP contribution < -0.4 is 0 Å². The number of hydrogen-bond donors (Lipinski definition) is 0. The number of carbonyl (C=O) groups excluding carboxylic acids is 2. The fourth-order valence-electron chi connectivity index (χ4n) is 1.83. The largest absolute Gasteiger partial charge is 0.452 e. The van der Waals surface area contributed by atoms with E-state index in [1.54, 1.807) is 0 Å². The summed E-state index contributed by atoms with van der Waals surface area (Å²) in [6.07, 6.45) is -0.152. The van der Waals surface area contributed by atoms with Gasteiger partial charge in [0, 0.05) is 0 Å². The maximum Gasteiger partial charge on any atom is 0.313 e. The van der Waals surface area contributed by atoms with E-state index in [1.165, 1.54) is 0 Å². The molecule has 2 aromatic rings. The van der Waals surface area contributed by atoms with Gasteiger partial charge in [0.05, 0.1) is 0 Å². The molecule has 0 heterocycles. The first-order valence-electron chi connectivity index (χ1n) is 6.04. The molecule has 0 radical (unpaired) electrons. The van der Waals surface area contributed by atoms with Crippen molar-refractivity contribution in [2.75, 3.05) is 0 Å². The number of esters is 1. The molecule has 0 fully saturated rings. The zero-order chi connectivity index (χ0) is 13.5. The molecular formula is C16H14O3. The molecule has 3 heteroatoms. The Bertz CT molecular complexity index is 495. The van der Waals surface area contributed by atoms with Crippen molar-refractivity contribution >= 4 is 12.3 Å². The van der Waals surface area contributed by atoms with Gasteiger partial charge in [0.1, 0.15) is 12.7 Å². The second-order valence-electron chi connectivity index (χ2n) is 4.06. The van der Waals surface area contributed by atoms with Gasteiger partial charge in [-0.25, -0.2) is 0 Å². The van der Waals surface area contributed by atoms with Crippen molar-refractivity contribution in [3.8, 4) is 0 Å². The predicted molar refractivity (Wildman–Crippen MR) is 71.5 cm³/mol. The maximum atomic E-state index is 11.5. The number of benzene rings is 2. The average molecular weight is 254 g/mol. The smallest absolute Gasteiger partial charge is 0.313 e. The second-order valence-corrected chi connectivity index (χ2v) is 4.06. The summed E-state index contributed by atoms with van der Waals surface area (Å²) in [5.41, 5.74) is 1.76. The van der Waals surface area contributed by atoms with Crippen LogP contribution in [0.2, 0.25) is 0 Å². The first-order chi connectivity index (χ1) is 9.31. The molecule has 0 aromatic heterocycles. The van der Waals surface area contributed by atoms with E-state index in [1.807, 2.05) is 60.7 Å². The topological polar surface area (TPSA) is 43.4 Å². The van der Waals surface area contributed by atoms with Crippen molar-refractivity contribution in [3.05, 3.63) is 71.8 Å². The molecule has 0 unspecified atom stereocenters. The molecule has 2 rings (SSSR count). The van der Waals surface area contributed by atoms with Crippen LogP contribution in [-0.2, 0) is 14.3 Å². The summed E-state index contributed by atoms with van der Waals surface area (Å²) in [5, 5.41) is 0. The molecule has 0 bridgehead atoms. The van der Waals surface area contributed by atoms with Crippen molar-refractivity contribution in [1.29, 1.82) is 0 Å². The van der Waals surface area contributed by atoms with Crippen LogP contribution in [0, 0.1) is 0 Å². The number of hydrogen-bond acceptors (Lipinski definition) is 3. The number of rotatable bonds is 5. The van der Waals surface area contributed by atoms with E-state index in [2.05, 4.69) is 0 Å². The van der Waals surface area contributed by atoms with Gasteiger partial charge in [-0.1, -0.05) is 60.7 Å². The molecule has 0 aliphatic heterocycles. The first-order valence-corrected chi connectivity index (χ1v) is 6.04. The van der Waals surface area contributed by atoms with E-state index in [0.717, 1.165) is 11.1 Å². The molecule has 0 saturated carbocycles. The van der Waals surface area contributed by atoms with Crippen molar-refractivity contribution in [3.63, 3.8) is 0 Å². The fourth-order valence-corrected chi connectivity index (χ4v) is 1.83. The molecule has 0 aliphatic carbocycles. The summed E-state index contributed by atoms with van der Waals surface area (Å²) in [4.78, 5) is 21.9. The number of ether oxygens (including phenoxy) is 1. The molecule has 3 nitrogen and oxygen atoms in total. The number of carbonyl (C=O) groups is 2. The van der Waals surface area contributed by atoms with Gasteiger partial charge in [-0.15, -0.1) is 0 Å². The SMILES string of the molecule is O=CCC(=O)OC(c1ccccc1)c1ccccc1. The van der Waals surface area contributed by atoms with Crippen LogP contribution in [0.5, 0.6) is 0 Å². The van der Waals surface area contributed by atoms with Gasteiger partial charge in [-0.05, 0) is 11.1 Å². The van der Waals surface area contributed by atoms with Crippen molar-refractivity contribution in [2.24, 2.45) is 0 Å². The summed E-state index contributed by atoms with van der Waals surface area (Å²) in [5.74, 6) is -0.521. The van der Waals surface area contributed by atoms with E-state index >= 15 is 0 Å². The van der Waals surface area contributed by atoms with Crippen LogP contribution in [0.4, 0.5) is 0 Å². The minimum atomic E-state index is -0.521. The first kappa shape index (κ1) is 13.0. The summed E-state index contributed by atoms with van der Waals surface area (Å²) >= 11 is 0. The highest BCUT2D eigenvalue weighted by molar-refractivity contribution is 5.84. The fraction of sp³-hybridized carbons (Fsp3) is 0.125.